The molecular formula is C14H12N2OS. The van der Waals surface area contributed by atoms with E-state index in [0.29, 0.717) is 17.9 Å². The van der Waals surface area contributed by atoms with E-state index in [1.165, 1.54) is 4.90 Å². The van der Waals surface area contributed by atoms with Gasteiger partial charge in [-0.3, -0.25) is 4.98 Å². The van der Waals surface area contributed by atoms with E-state index in [4.69, 9.17) is 10.00 Å². The lowest BCUT2D eigenvalue weighted by Crippen LogP contribution is -2.01. The first-order valence-corrected chi connectivity index (χ1v) is 6.53. The molecule has 3 nitrogen and oxygen atoms in total. The van der Waals surface area contributed by atoms with Gasteiger partial charge in [0.2, 0.25) is 0 Å². The Kier molecular flexibility index (Phi) is 4.62. The van der Waals surface area contributed by atoms with Crippen LogP contribution in [0.15, 0.2) is 53.7 Å². The van der Waals surface area contributed by atoms with Gasteiger partial charge in [0.25, 0.3) is 0 Å². The van der Waals surface area contributed by atoms with Crippen molar-refractivity contribution >= 4 is 11.8 Å². The second kappa shape index (κ2) is 6.67. The Bertz CT molecular complexity index is 537. The van der Waals surface area contributed by atoms with Gasteiger partial charge >= 0.3 is 0 Å². The number of rotatable bonds is 5. The fraction of sp³-hybridized carbons (Fsp3) is 0.143. The Balaban J connectivity index is 1.81. The highest BCUT2D eigenvalue weighted by Crippen LogP contribution is 2.19. The molecule has 0 saturated carbocycles. The van der Waals surface area contributed by atoms with Gasteiger partial charge in [-0.05, 0) is 24.3 Å². The highest BCUT2D eigenvalue weighted by molar-refractivity contribution is 7.99. The van der Waals surface area contributed by atoms with Gasteiger partial charge in [-0.25, -0.2) is 0 Å². The highest BCUT2D eigenvalue weighted by Gasteiger charge is 2.01. The molecule has 1 heterocycles. The number of hydrogen-bond donors (Lipinski definition) is 0. The number of nitriles is 1. The maximum atomic E-state index is 8.91. The molecule has 0 fully saturated rings. The zero-order valence-electron chi connectivity index (χ0n) is 9.74. The number of hydrogen-bond acceptors (Lipinski definition) is 4. The summed E-state index contributed by atoms with van der Waals surface area (Å²) in [5.74, 6) is 1.49. The van der Waals surface area contributed by atoms with Crippen LogP contribution in [0.2, 0.25) is 0 Å². The molecule has 4 heteroatoms. The molecule has 0 radical (unpaired) electrons. The summed E-state index contributed by atoms with van der Waals surface area (Å²) in [4.78, 5) is 5.13. The van der Waals surface area contributed by atoms with E-state index in [2.05, 4.69) is 11.1 Å². The molecule has 0 amide bonds. The zero-order valence-corrected chi connectivity index (χ0v) is 10.6. The minimum Gasteiger partial charge on any atom is -0.491 e. The van der Waals surface area contributed by atoms with Crippen LogP contribution >= 0.6 is 11.8 Å². The summed E-state index contributed by atoms with van der Waals surface area (Å²) in [5, 5.41) is 8.91. The standard InChI is InChI=1S/C14H12N2OS/c15-11-12-3-1-2-4-14(12)17-9-10-18-13-5-7-16-8-6-13/h1-8H,9-10H2. The summed E-state index contributed by atoms with van der Waals surface area (Å²) in [6, 6.07) is 13.3. The number of pyridine rings is 1. The van der Waals surface area contributed by atoms with E-state index in [9.17, 15) is 0 Å². The van der Waals surface area contributed by atoms with Crippen molar-refractivity contribution in [1.82, 2.24) is 4.98 Å². The van der Waals surface area contributed by atoms with Crippen molar-refractivity contribution in [2.45, 2.75) is 4.90 Å². The molecule has 0 saturated heterocycles. The number of ether oxygens (including phenoxy) is 1. The van der Waals surface area contributed by atoms with Crippen molar-refractivity contribution in [2.24, 2.45) is 0 Å². The third-order valence-corrected chi connectivity index (χ3v) is 3.24. The van der Waals surface area contributed by atoms with Crippen LogP contribution < -0.4 is 4.74 Å². The topological polar surface area (TPSA) is 45.9 Å². The first-order chi connectivity index (χ1) is 8.90. The van der Waals surface area contributed by atoms with Gasteiger partial charge < -0.3 is 4.74 Å². The van der Waals surface area contributed by atoms with Crippen LogP contribution in [-0.4, -0.2) is 17.3 Å². The van der Waals surface area contributed by atoms with Crippen LogP contribution in [0.4, 0.5) is 0 Å². The Labute approximate surface area is 110 Å². The molecule has 0 aliphatic heterocycles. The smallest absolute Gasteiger partial charge is 0.137 e. The minimum absolute atomic E-state index is 0.575. The van der Waals surface area contributed by atoms with Gasteiger partial charge in [-0.1, -0.05) is 12.1 Å². The van der Waals surface area contributed by atoms with Gasteiger partial charge in [-0.2, -0.15) is 5.26 Å². The summed E-state index contributed by atoms with van der Waals surface area (Å²) < 4.78 is 5.59. The minimum atomic E-state index is 0.575. The summed E-state index contributed by atoms with van der Waals surface area (Å²) >= 11 is 1.71. The van der Waals surface area contributed by atoms with Crippen LogP contribution in [0.25, 0.3) is 0 Å². The predicted molar refractivity (Wildman–Crippen MR) is 71.6 cm³/mol. The lowest BCUT2D eigenvalue weighted by atomic mass is 10.2. The second-order valence-corrected chi connectivity index (χ2v) is 4.66. The number of benzene rings is 1. The molecule has 2 aromatic rings. The number of para-hydroxylation sites is 1. The van der Waals surface area contributed by atoms with Crippen molar-refractivity contribution in [3.63, 3.8) is 0 Å². The summed E-state index contributed by atoms with van der Waals surface area (Å²) in [6.07, 6.45) is 3.54. The van der Waals surface area contributed by atoms with E-state index >= 15 is 0 Å². The monoisotopic (exact) mass is 256 g/mol. The number of thioether (sulfide) groups is 1. The Hall–Kier alpha value is -1.99. The molecule has 0 unspecified atom stereocenters. The van der Waals surface area contributed by atoms with Crippen molar-refractivity contribution in [1.29, 1.82) is 5.26 Å². The highest BCUT2D eigenvalue weighted by atomic mass is 32.2. The van der Waals surface area contributed by atoms with Crippen LogP contribution in [-0.2, 0) is 0 Å². The van der Waals surface area contributed by atoms with Gasteiger partial charge in [0.1, 0.15) is 11.8 Å². The van der Waals surface area contributed by atoms with Crippen molar-refractivity contribution in [3.05, 3.63) is 54.4 Å². The summed E-state index contributed by atoms with van der Waals surface area (Å²) in [5.41, 5.74) is 0.575. The first-order valence-electron chi connectivity index (χ1n) is 5.55. The fourth-order valence-corrected chi connectivity index (χ4v) is 2.15. The van der Waals surface area contributed by atoms with Crippen molar-refractivity contribution in [3.8, 4) is 11.8 Å². The molecule has 0 atom stereocenters. The average Bonchev–Trinajstić information content (AvgIpc) is 2.45. The third kappa shape index (κ3) is 3.51. The first kappa shape index (κ1) is 12.5. The van der Waals surface area contributed by atoms with Crippen molar-refractivity contribution < 1.29 is 4.74 Å². The zero-order chi connectivity index (χ0) is 12.6. The molecule has 0 spiro atoms. The Morgan fingerprint density at radius 2 is 1.94 bits per heavy atom. The van der Waals surface area contributed by atoms with Gasteiger partial charge in [0.05, 0.1) is 12.2 Å². The quantitative estimate of drug-likeness (QED) is 0.609. The van der Waals surface area contributed by atoms with Crippen LogP contribution in [0.5, 0.6) is 5.75 Å². The molecular weight excluding hydrogens is 244 g/mol. The maximum Gasteiger partial charge on any atom is 0.137 e. The maximum absolute atomic E-state index is 8.91. The van der Waals surface area contributed by atoms with Gasteiger partial charge in [-0.15, -0.1) is 11.8 Å². The second-order valence-electron chi connectivity index (χ2n) is 3.49. The molecule has 1 aromatic carbocycles. The molecule has 1 aromatic heterocycles. The van der Waals surface area contributed by atoms with Crippen LogP contribution in [0.1, 0.15) is 5.56 Å². The van der Waals surface area contributed by atoms with E-state index < -0.39 is 0 Å². The SMILES string of the molecule is N#Cc1ccccc1OCCSc1ccncc1. The normalized spacial score (nSPS) is 9.72. The van der Waals surface area contributed by atoms with E-state index in [1.807, 2.05) is 30.3 Å². The molecule has 90 valence electrons. The van der Waals surface area contributed by atoms with E-state index in [1.54, 1.807) is 30.2 Å². The van der Waals surface area contributed by atoms with Crippen LogP contribution in [0.3, 0.4) is 0 Å². The summed E-state index contributed by atoms with van der Waals surface area (Å²) in [7, 11) is 0. The third-order valence-electron chi connectivity index (χ3n) is 2.27. The fourth-order valence-electron chi connectivity index (χ4n) is 1.43. The molecule has 0 N–H and O–H groups in total. The van der Waals surface area contributed by atoms with Crippen LogP contribution in [0, 0.1) is 11.3 Å². The molecule has 0 aliphatic carbocycles. The summed E-state index contributed by atoms with van der Waals surface area (Å²) in [6.45, 7) is 0.575. The molecule has 0 aliphatic rings. The Morgan fingerprint density at radius 3 is 2.72 bits per heavy atom. The Morgan fingerprint density at radius 1 is 1.17 bits per heavy atom. The lowest BCUT2D eigenvalue weighted by Gasteiger charge is -2.07. The predicted octanol–water partition coefficient (Wildman–Crippen LogP) is 3.12. The van der Waals surface area contributed by atoms with Gasteiger partial charge in [0.15, 0.2) is 0 Å². The number of nitrogens with zero attached hydrogens (tertiary/aromatic N) is 2. The van der Waals surface area contributed by atoms with E-state index in [-0.39, 0.29) is 0 Å². The number of aromatic nitrogens is 1. The van der Waals surface area contributed by atoms with Crippen molar-refractivity contribution in [2.75, 3.05) is 12.4 Å². The molecule has 2 rings (SSSR count). The van der Waals surface area contributed by atoms with E-state index in [0.717, 1.165) is 5.75 Å². The largest absolute Gasteiger partial charge is 0.491 e. The van der Waals surface area contributed by atoms with Gasteiger partial charge in [0, 0.05) is 23.0 Å². The average molecular weight is 256 g/mol. The molecule has 0 bridgehead atoms. The lowest BCUT2D eigenvalue weighted by molar-refractivity contribution is 0.343. The molecule has 18 heavy (non-hydrogen) atoms.